The van der Waals surface area contributed by atoms with Gasteiger partial charge >= 0.3 is 6.09 Å². The van der Waals surface area contributed by atoms with Crippen molar-refractivity contribution in [3.63, 3.8) is 0 Å². The number of hydrogen-bond acceptors (Lipinski definition) is 10. The predicted octanol–water partition coefficient (Wildman–Crippen LogP) is 2.90. The van der Waals surface area contributed by atoms with E-state index in [0.29, 0.717) is 50.4 Å². The Morgan fingerprint density at radius 2 is 2.06 bits per heavy atom. The Balaban J connectivity index is 1.46. The van der Waals surface area contributed by atoms with Crippen molar-refractivity contribution in [1.82, 2.24) is 34.6 Å². The Labute approximate surface area is 210 Å². The van der Waals surface area contributed by atoms with E-state index in [1.807, 2.05) is 44.2 Å². The summed E-state index contributed by atoms with van der Waals surface area (Å²) in [5, 5.41) is 8.06. The molecule has 0 aromatic carbocycles. The summed E-state index contributed by atoms with van der Waals surface area (Å²) in [6.07, 6.45) is 3.77. The van der Waals surface area contributed by atoms with Gasteiger partial charge in [-0.25, -0.2) is 19.7 Å². The molecule has 0 spiro atoms. The second-order valence-corrected chi connectivity index (χ2v) is 10.1. The molecule has 3 aromatic heterocycles. The van der Waals surface area contributed by atoms with Crippen LogP contribution in [0.1, 0.15) is 39.8 Å². The number of rotatable bonds is 7. The Morgan fingerprint density at radius 3 is 2.72 bits per heavy atom. The summed E-state index contributed by atoms with van der Waals surface area (Å²) in [6, 6.07) is 1.98. The van der Waals surface area contributed by atoms with E-state index in [0.717, 1.165) is 23.1 Å². The van der Waals surface area contributed by atoms with E-state index in [1.165, 1.54) is 6.33 Å². The SMILES string of the molecule is CCOCCn1nc(C)c2nc(N3C[C@H]4C[C@@H]3CN4C(=O)OC(C)(C)C)nc(Nc3ccncn3)c21. The number of carbonyl (C=O) groups is 1. The van der Waals surface area contributed by atoms with Crippen molar-refractivity contribution in [3.05, 3.63) is 24.3 Å². The number of likely N-dealkylation sites (tertiary alicyclic amines) is 1. The highest BCUT2D eigenvalue weighted by Crippen LogP contribution is 2.36. The van der Waals surface area contributed by atoms with Crippen molar-refractivity contribution in [2.75, 3.05) is 36.5 Å². The average Bonchev–Trinajstić information content (AvgIpc) is 3.52. The maximum atomic E-state index is 12.7. The molecule has 2 aliphatic rings. The quantitative estimate of drug-likeness (QED) is 0.489. The molecule has 2 saturated heterocycles. The second-order valence-electron chi connectivity index (χ2n) is 10.1. The van der Waals surface area contributed by atoms with Gasteiger partial charge in [0, 0.05) is 25.9 Å². The normalized spacial score (nSPS) is 19.4. The molecule has 2 bridgehead atoms. The number of nitrogens with zero attached hydrogens (tertiary/aromatic N) is 8. The summed E-state index contributed by atoms with van der Waals surface area (Å²) >= 11 is 0. The molecular formula is C24H33N9O3. The molecule has 3 aromatic rings. The van der Waals surface area contributed by atoms with Crippen molar-refractivity contribution in [2.24, 2.45) is 0 Å². The Hall–Kier alpha value is -3.54. The number of nitrogens with one attached hydrogen (secondary N) is 1. The standard InChI is InChI=1S/C24H33N9O3/c1-6-35-10-9-33-20-19(15(2)30-33)28-22(29-21(20)27-18-7-8-25-14-26-18)31-12-17-11-16(31)13-32(17)23(34)36-24(3,4)5/h7-8,14,16-17H,6,9-13H2,1-5H3,(H,25,26,27,28,29)/t16-,17-/m1/s1. The van der Waals surface area contributed by atoms with Crippen LogP contribution in [0.2, 0.25) is 0 Å². The number of amides is 1. The zero-order valence-electron chi connectivity index (χ0n) is 21.4. The highest BCUT2D eigenvalue weighted by Gasteiger charge is 2.47. The molecule has 2 aliphatic heterocycles. The number of ether oxygens (including phenoxy) is 2. The van der Waals surface area contributed by atoms with Gasteiger partial charge in [0.2, 0.25) is 5.95 Å². The van der Waals surface area contributed by atoms with Crippen molar-refractivity contribution in [2.45, 2.75) is 65.3 Å². The number of piperazine rings is 1. The van der Waals surface area contributed by atoms with Crippen LogP contribution in [0.4, 0.5) is 22.4 Å². The minimum Gasteiger partial charge on any atom is -0.444 e. The van der Waals surface area contributed by atoms with Crippen LogP contribution in [0.5, 0.6) is 0 Å². The van der Waals surface area contributed by atoms with Crippen LogP contribution in [0.15, 0.2) is 18.6 Å². The maximum Gasteiger partial charge on any atom is 0.410 e. The molecule has 5 heterocycles. The summed E-state index contributed by atoms with van der Waals surface area (Å²) in [7, 11) is 0. The molecule has 1 N–H and O–H groups in total. The predicted molar refractivity (Wildman–Crippen MR) is 134 cm³/mol. The number of aromatic nitrogens is 6. The van der Waals surface area contributed by atoms with Crippen molar-refractivity contribution < 1.29 is 14.3 Å². The minimum atomic E-state index is -0.520. The monoisotopic (exact) mass is 495 g/mol. The molecule has 12 nitrogen and oxygen atoms in total. The summed E-state index contributed by atoms with van der Waals surface area (Å²) in [5.74, 6) is 1.87. The first-order chi connectivity index (χ1) is 17.2. The lowest BCUT2D eigenvalue weighted by atomic mass is 10.2. The van der Waals surface area contributed by atoms with Gasteiger partial charge in [-0.2, -0.15) is 10.1 Å². The molecule has 2 fully saturated rings. The van der Waals surface area contributed by atoms with E-state index in [9.17, 15) is 4.79 Å². The summed E-state index contributed by atoms with van der Waals surface area (Å²) in [5.41, 5.74) is 1.87. The van der Waals surface area contributed by atoms with Gasteiger partial charge in [-0.3, -0.25) is 4.68 Å². The van der Waals surface area contributed by atoms with E-state index < -0.39 is 5.60 Å². The van der Waals surface area contributed by atoms with Crippen LogP contribution >= 0.6 is 0 Å². The van der Waals surface area contributed by atoms with Gasteiger partial charge in [-0.05, 0) is 47.1 Å². The van der Waals surface area contributed by atoms with Crippen LogP contribution in [0.3, 0.4) is 0 Å². The van der Waals surface area contributed by atoms with Gasteiger partial charge in [0.25, 0.3) is 0 Å². The lowest BCUT2D eigenvalue weighted by Crippen LogP contribution is -2.50. The molecule has 192 valence electrons. The van der Waals surface area contributed by atoms with Gasteiger partial charge in [-0.15, -0.1) is 0 Å². The third-order valence-corrected chi connectivity index (χ3v) is 6.35. The zero-order valence-corrected chi connectivity index (χ0v) is 21.4. The Morgan fingerprint density at radius 1 is 1.22 bits per heavy atom. The van der Waals surface area contributed by atoms with E-state index >= 15 is 0 Å². The lowest BCUT2D eigenvalue weighted by Gasteiger charge is -2.35. The molecular weight excluding hydrogens is 462 g/mol. The number of anilines is 3. The first-order valence-electron chi connectivity index (χ1n) is 12.4. The summed E-state index contributed by atoms with van der Waals surface area (Å²) in [4.78, 5) is 34.9. The van der Waals surface area contributed by atoms with Gasteiger partial charge in [0.1, 0.15) is 28.8 Å². The van der Waals surface area contributed by atoms with Crippen LogP contribution in [0.25, 0.3) is 11.0 Å². The van der Waals surface area contributed by atoms with Crippen LogP contribution < -0.4 is 10.2 Å². The molecule has 0 saturated carbocycles. The number of carbonyl (C=O) groups excluding carboxylic acids is 1. The molecule has 5 rings (SSSR count). The number of hydrogen-bond donors (Lipinski definition) is 1. The van der Waals surface area contributed by atoms with Crippen LogP contribution in [-0.2, 0) is 16.0 Å². The van der Waals surface area contributed by atoms with E-state index in [1.54, 1.807) is 12.3 Å². The van der Waals surface area contributed by atoms with Gasteiger partial charge in [0.15, 0.2) is 5.82 Å². The first-order valence-corrected chi connectivity index (χ1v) is 12.4. The minimum absolute atomic E-state index is 0.0671. The number of aryl methyl sites for hydroxylation is 1. The second kappa shape index (κ2) is 9.49. The van der Waals surface area contributed by atoms with E-state index in [2.05, 4.69) is 20.2 Å². The molecule has 0 unspecified atom stereocenters. The maximum absolute atomic E-state index is 12.7. The summed E-state index contributed by atoms with van der Waals surface area (Å²) < 4.78 is 13.1. The fraction of sp³-hybridized carbons (Fsp3) is 0.583. The molecule has 0 aliphatic carbocycles. The zero-order chi connectivity index (χ0) is 25.4. The van der Waals surface area contributed by atoms with Crippen LogP contribution in [0, 0.1) is 6.92 Å². The Bertz CT molecular complexity index is 1240. The van der Waals surface area contributed by atoms with Crippen LogP contribution in [-0.4, -0.2) is 84.7 Å². The average molecular weight is 496 g/mol. The molecule has 2 atom stereocenters. The van der Waals surface area contributed by atoms with E-state index in [4.69, 9.17) is 24.5 Å². The van der Waals surface area contributed by atoms with Gasteiger partial charge in [0.05, 0.1) is 30.9 Å². The smallest absolute Gasteiger partial charge is 0.410 e. The summed E-state index contributed by atoms with van der Waals surface area (Å²) in [6.45, 7) is 12.6. The molecule has 36 heavy (non-hydrogen) atoms. The highest BCUT2D eigenvalue weighted by molar-refractivity contribution is 5.90. The van der Waals surface area contributed by atoms with Crippen molar-refractivity contribution >= 4 is 34.7 Å². The van der Waals surface area contributed by atoms with E-state index in [-0.39, 0.29) is 18.2 Å². The number of fused-ring (bicyclic) bond motifs is 3. The van der Waals surface area contributed by atoms with Gasteiger partial charge < -0.3 is 24.6 Å². The third-order valence-electron chi connectivity index (χ3n) is 6.35. The highest BCUT2D eigenvalue weighted by atomic mass is 16.6. The fourth-order valence-corrected chi connectivity index (χ4v) is 4.83. The first kappa shape index (κ1) is 24.2. The Kier molecular flexibility index (Phi) is 6.37. The van der Waals surface area contributed by atoms with Crippen molar-refractivity contribution in [3.8, 4) is 0 Å². The fourth-order valence-electron chi connectivity index (χ4n) is 4.83. The third kappa shape index (κ3) is 4.77. The lowest BCUT2D eigenvalue weighted by molar-refractivity contribution is 0.0214. The van der Waals surface area contributed by atoms with Gasteiger partial charge in [-0.1, -0.05) is 0 Å². The molecule has 1 amide bonds. The molecule has 0 radical (unpaired) electrons. The largest absolute Gasteiger partial charge is 0.444 e. The topological polar surface area (TPSA) is 123 Å². The van der Waals surface area contributed by atoms with Crippen molar-refractivity contribution in [1.29, 1.82) is 0 Å². The molecule has 12 heteroatoms.